The van der Waals surface area contributed by atoms with Gasteiger partial charge in [0.25, 0.3) is 18.2 Å². The molecule has 0 spiro atoms. The third-order valence-corrected chi connectivity index (χ3v) is 8.86. The van der Waals surface area contributed by atoms with Crippen molar-refractivity contribution in [3.63, 3.8) is 0 Å². The van der Waals surface area contributed by atoms with Gasteiger partial charge in [-0.25, -0.2) is 18.7 Å². The lowest BCUT2D eigenvalue weighted by Gasteiger charge is -2.22. The normalized spacial score (nSPS) is 21.7. The maximum atomic E-state index is 14.4. The van der Waals surface area contributed by atoms with Crippen molar-refractivity contribution in [3.05, 3.63) is 28.5 Å². The van der Waals surface area contributed by atoms with Crippen LogP contribution in [-0.4, -0.2) is 62.1 Å². The summed E-state index contributed by atoms with van der Waals surface area (Å²) in [5, 5.41) is 15.9. The van der Waals surface area contributed by atoms with Crippen molar-refractivity contribution in [3.8, 4) is 10.4 Å². The van der Waals surface area contributed by atoms with Crippen molar-refractivity contribution in [2.24, 2.45) is 5.92 Å². The second-order valence-electron chi connectivity index (χ2n) is 11.3. The maximum Gasteiger partial charge on any atom is 0.280 e. The van der Waals surface area contributed by atoms with E-state index in [1.54, 1.807) is 13.8 Å². The van der Waals surface area contributed by atoms with E-state index in [0.717, 1.165) is 56.3 Å². The molecule has 2 aromatic rings. The number of aliphatic hydroxyl groups is 1. The van der Waals surface area contributed by atoms with Crippen LogP contribution in [0.25, 0.3) is 10.4 Å². The second-order valence-corrected chi connectivity index (χ2v) is 12.3. The summed E-state index contributed by atoms with van der Waals surface area (Å²) in [6.07, 6.45) is 5.32. The molecular weight excluding hydrogens is 512 g/mol. The number of alkyl halides is 2. The average Bonchev–Trinajstić information content (AvgIpc) is 3.32. The van der Waals surface area contributed by atoms with Gasteiger partial charge in [-0.1, -0.05) is 6.92 Å². The number of anilines is 1. The van der Waals surface area contributed by atoms with Gasteiger partial charge in [-0.2, -0.15) is 0 Å². The van der Waals surface area contributed by atoms with E-state index in [9.17, 15) is 23.5 Å². The quantitative estimate of drug-likeness (QED) is 0.386. The first-order valence-corrected chi connectivity index (χ1v) is 14.3. The number of fused-ring (bicyclic) bond motifs is 2. The molecule has 2 amide bonds. The van der Waals surface area contributed by atoms with Crippen molar-refractivity contribution in [2.45, 2.75) is 95.9 Å². The zero-order valence-electron chi connectivity index (χ0n) is 22.0. The summed E-state index contributed by atoms with van der Waals surface area (Å²) in [5.74, 6) is 0.00999. The highest BCUT2D eigenvalue weighted by Crippen LogP contribution is 2.43. The summed E-state index contributed by atoms with van der Waals surface area (Å²) >= 11 is 0.906. The zero-order chi connectivity index (χ0) is 27.2. The first-order valence-electron chi connectivity index (χ1n) is 13.4. The number of amides is 2. The molecule has 11 heteroatoms. The Bertz CT molecular complexity index is 1190. The highest BCUT2D eigenvalue weighted by Gasteiger charge is 2.44. The van der Waals surface area contributed by atoms with E-state index in [-0.39, 0.29) is 57.3 Å². The van der Waals surface area contributed by atoms with Gasteiger partial charge in [0.1, 0.15) is 11.5 Å². The molecule has 206 valence electrons. The van der Waals surface area contributed by atoms with Gasteiger partial charge < -0.3 is 20.6 Å². The predicted molar refractivity (Wildman–Crippen MR) is 142 cm³/mol. The molecule has 3 fully saturated rings. The Labute approximate surface area is 225 Å². The molecule has 2 aliphatic heterocycles. The Morgan fingerprint density at radius 2 is 1.84 bits per heavy atom. The van der Waals surface area contributed by atoms with Crippen molar-refractivity contribution >= 4 is 29.0 Å². The lowest BCUT2D eigenvalue weighted by atomic mass is 10.0. The van der Waals surface area contributed by atoms with Crippen molar-refractivity contribution < 1.29 is 23.5 Å². The molecule has 5 rings (SSSR count). The fourth-order valence-corrected chi connectivity index (χ4v) is 6.65. The van der Waals surface area contributed by atoms with E-state index in [2.05, 4.69) is 27.5 Å². The van der Waals surface area contributed by atoms with E-state index in [1.165, 1.54) is 12.3 Å². The molecule has 3 aliphatic rings. The van der Waals surface area contributed by atoms with E-state index in [4.69, 9.17) is 0 Å². The number of nitrogens with zero attached hydrogens (tertiary/aromatic N) is 3. The summed E-state index contributed by atoms with van der Waals surface area (Å²) in [6, 6.07) is 1.76. The second kappa shape index (κ2) is 10.5. The van der Waals surface area contributed by atoms with Crippen LogP contribution in [0, 0.1) is 5.92 Å². The molecule has 0 aromatic carbocycles. The minimum Gasteiger partial charge on any atom is -0.389 e. The highest BCUT2D eigenvalue weighted by atomic mass is 32.1. The van der Waals surface area contributed by atoms with Crippen LogP contribution in [0.4, 0.5) is 14.6 Å². The number of nitrogens with one attached hydrogen (secondary N) is 2. The van der Waals surface area contributed by atoms with E-state index >= 15 is 0 Å². The van der Waals surface area contributed by atoms with Gasteiger partial charge in [0.05, 0.1) is 10.5 Å². The van der Waals surface area contributed by atoms with Crippen LogP contribution < -0.4 is 10.6 Å². The van der Waals surface area contributed by atoms with Crippen LogP contribution in [0.1, 0.15) is 98.0 Å². The largest absolute Gasteiger partial charge is 0.389 e. The molecule has 1 unspecified atom stereocenters. The van der Waals surface area contributed by atoms with Gasteiger partial charge in [0, 0.05) is 42.0 Å². The van der Waals surface area contributed by atoms with Crippen LogP contribution in [0.2, 0.25) is 0 Å². The van der Waals surface area contributed by atoms with Gasteiger partial charge in [-0.15, -0.1) is 11.3 Å². The lowest BCUT2D eigenvalue weighted by Crippen LogP contribution is -2.38. The molecule has 2 saturated heterocycles. The van der Waals surface area contributed by atoms with Crippen LogP contribution in [0.3, 0.4) is 0 Å². The molecule has 2 aromatic heterocycles. The van der Waals surface area contributed by atoms with Crippen LogP contribution in [0.15, 0.2) is 12.3 Å². The summed E-state index contributed by atoms with van der Waals surface area (Å²) in [4.78, 5) is 37.5. The van der Waals surface area contributed by atoms with E-state index in [1.807, 2.05) is 4.90 Å². The van der Waals surface area contributed by atoms with Gasteiger partial charge in [-0.05, 0) is 70.8 Å². The van der Waals surface area contributed by atoms with Crippen molar-refractivity contribution in [2.75, 3.05) is 11.9 Å². The zero-order valence-corrected chi connectivity index (χ0v) is 22.8. The van der Waals surface area contributed by atoms with Gasteiger partial charge >= 0.3 is 0 Å². The third kappa shape index (κ3) is 5.54. The Morgan fingerprint density at radius 1 is 1.18 bits per heavy atom. The topological polar surface area (TPSA) is 107 Å². The molecule has 1 aliphatic carbocycles. The van der Waals surface area contributed by atoms with E-state index < -0.39 is 17.9 Å². The highest BCUT2D eigenvalue weighted by molar-refractivity contribution is 7.17. The summed E-state index contributed by atoms with van der Waals surface area (Å²) in [6.45, 7) is 5.15. The SMILES string of the molecule is CCC(Nc1cc(C(F)F)c(-c2sc(C(=O)NCC(C)(C)O)nc2C(=O)N2C3CCC2CC3)cn1)C1CC1. The molecule has 0 radical (unpaired) electrons. The number of hydrogen-bond donors (Lipinski definition) is 3. The number of halogens is 2. The third-order valence-electron chi connectivity index (χ3n) is 7.77. The maximum absolute atomic E-state index is 14.4. The molecule has 1 atom stereocenters. The first-order chi connectivity index (χ1) is 18.1. The minimum atomic E-state index is -2.81. The number of carbonyl (C=O) groups is 2. The van der Waals surface area contributed by atoms with Crippen molar-refractivity contribution in [1.29, 1.82) is 0 Å². The molecule has 4 heterocycles. The van der Waals surface area contributed by atoms with Gasteiger partial charge in [0.15, 0.2) is 5.01 Å². The number of thiazole rings is 1. The fourth-order valence-electron chi connectivity index (χ4n) is 5.65. The van der Waals surface area contributed by atoms with Crippen LogP contribution >= 0.6 is 11.3 Å². The molecule has 3 N–H and O–H groups in total. The Morgan fingerprint density at radius 3 is 2.39 bits per heavy atom. The van der Waals surface area contributed by atoms with E-state index in [0.29, 0.717) is 11.7 Å². The predicted octanol–water partition coefficient (Wildman–Crippen LogP) is 5.01. The molecule has 2 bridgehead atoms. The number of carbonyl (C=O) groups excluding carboxylic acids is 2. The van der Waals surface area contributed by atoms with Gasteiger partial charge in [-0.3, -0.25) is 9.59 Å². The average molecular weight is 548 g/mol. The van der Waals surface area contributed by atoms with Crippen LogP contribution in [0.5, 0.6) is 0 Å². The Hall–Kier alpha value is -2.66. The Kier molecular flexibility index (Phi) is 7.43. The Balaban J connectivity index is 1.52. The summed E-state index contributed by atoms with van der Waals surface area (Å²) < 4.78 is 28.8. The smallest absolute Gasteiger partial charge is 0.280 e. The molecular formula is C27H35F2N5O3S. The summed E-state index contributed by atoms with van der Waals surface area (Å²) in [7, 11) is 0. The molecule has 8 nitrogen and oxygen atoms in total. The first kappa shape index (κ1) is 26.9. The van der Waals surface area contributed by atoms with Crippen molar-refractivity contribution in [1.82, 2.24) is 20.2 Å². The monoisotopic (exact) mass is 547 g/mol. The van der Waals surface area contributed by atoms with Crippen LogP contribution in [-0.2, 0) is 0 Å². The van der Waals surface area contributed by atoms with Gasteiger partial charge in [0.2, 0.25) is 0 Å². The lowest BCUT2D eigenvalue weighted by molar-refractivity contribution is 0.0692. The number of pyridine rings is 1. The minimum absolute atomic E-state index is 0.0102. The number of aromatic nitrogens is 2. The molecule has 1 saturated carbocycles. The number of rotatable bonds is 10. The molecule has 38 heavy (non-hydrogen) atoms. The number of hydrogen-bond acceptors (Lipinski definition) is 7. The fraction of sp³-hybridized carbons (Fsp3) is 0.630. The summed E-state index contributed by atoms with van der Waals surface area (Å²) in [5.41, 5.74) is -1.27. The standard InChI is InChI=1S/C27H35F2N5O3S/c1-4-19(14-5-6-14)32-20-11-17(23(28)29)18(12-30-20)22-21(26(36)34-15-7-8-16(34)10-9-15)33-25(38-22)24(35)31-13-27(2,3)37/h11-12,14-16,19,23,37H,4-10,13H2,1-3H3,(H,30,32)(H,31,35).